The Morgan fingerprint density at radius 3 is 2.90 bits per heavy atom. The van der Waals surface area contributed by atoms with Crippen molar-refractivity contribution in [2.45, 2.75) is 0 Å². The average Bonchev–Trinajstić information content (AvgIpc) is 3.01. The molecule has 0 fully saturated rings. The highest BCUT2D eigenvalue weighted by molar-refractivity contribution is 9.10. The Labute approximate surface area is 127 Å². The molecule has 0 aliphatic rings. The number of hydrogen-bond donors (Lipinski definition) is 1. The molecule has 2 aromatic carbocycles. The lowest BCUT2D eigenvalue weighted by Gasteiger charge is -1.92. The zero-order chi connectivity index (χ0) is 14.6. The minimum absolute atomic E-state index is 0.316. The Kier molecular flexibility index (Phi) is 2.62. The molecular weight excluding hydrogens is 335 g/mol. The summed E-state index contributed by atoms with van der Waals surface area (Å²) in [5.41, 5.74) is 3.15. The molecule has 104 valence electrons. The fourth-order valence-electron chi connectivity index (χ4n) is 2.51. The second-order valence-corrected chi connectivity index (χ2v) is 5.71. The summed E-state index contributed by atoms with van der Waals surface area (Å²) in [7, 11) is 1.89. The molecule has 6 heteroatoms. The molecule has 0 saturated carbocycles. The molecule has 4 nitrogen and oxygen atoms in total. The molecule has 0 aliphatic heterocycles. The number of fused-ring (bicyclic) bond motifs is 2. The van der Waals surface area contributed by atoms with Crippen molar-refractivity contribution in [2.75, 3.05) is 0 Å². The minimum atomic E-state index is -0.316. The topological polar surface area (TPSA) is 46.5 Å². The fourth-order valence-corrected chi connectivity index (χ4v) is 2.84. The van der Waals surface area contributed by atoms with Gasteiger partial charge in [-0.25, -0.2) is 9.37 Å². The number of rotatable bonds is 1. The molecule has 4 rings (SSSR count). The summed E-state index contributed by atoms with van der Waals surface area (Å²) in [5.74, 6) is 0.322. The van der Waals surface area contributed by atoms with Crippen molar-refractivity contribution in [3.8, 4) is 11.5 Å². The van der Waals surface area contributed by atoms with Crippen molar-refractivity contribution in [1.82, 2.24) is 19.7 Å². The number of nitrogens with one attached hydrogen (secondary N) is 1. The average molecular weight is 345 g/mol. The molecule has 21 heavy (non-hydrogen) atoms. The second-order valence-electron chi connectivity index (χ2n) is 4.86. The van der Waals surface area contributed by atoms with Gasteiger partial charge in [0.1, 0.15) is 11.5 Å². The zero-order valence-electron chi connectivity index (χ0n) is 11.1. The summed E-state index contributed by atoms with van der Waals surface area (Å²) in [6, 6.07) is 11.0. The Morgan fingerprint density at radius 2 is 2.05 bits per heavy atom. The Morgan fingerprint density at radius 1 is 1.24 bits per heavy atom. The van der Waals surface area contributed by atoms with Crippen LogP contribution in [0.4, 0.5) is 4.39 Å². The van der Waals surface area contributed by atoms with E-state index in [0.29, 0.717) is 21.3 Å². The van der Waals surface area contributed by atoms with E-state index in [1.54, 1.807) is 6.07 Å². The van der Waals surface area contributed by atoms with E-state index < -0.39 is 0 Å². The van der Waals surface area contributed by atoms with Crippen molar-refractivity contribution >= 4 is 37.9 Å². The molecule has 0 aliphatic carbocycles. The van der Waals surface area contributed by atoms with Crippen molar-refractivity contribution in [3.05, 3.63) is 46.7 Å². The smallest absolute Gasteiger partial charge is 0.159 e. The molecule has 0 amide bonds. The first kappa shape index (κ1) is 12.5. The van der Waals surface area contributed by atoms with Gasteiger partial charge in [-0.2, -0.15) is 5.10 Å². The maximum absolute atomic E-state index is 13.6. The lowest BCUT2D eigenvalue weighted by Crippen LogP contribution is -1.90. The molecule has 0 atom stereocenters. The highest BCUT2D eigenvalue weighted by Gasteiger charge is 2.15. The molecule has 1 N–H and O–H groups in total. The predicted octanol–water partition coefficient (Wildman–Crippen LogP) is 4.02. The number of H-pyrrole nitrogens is 1. The lowest BCUT2D eigenvalue weighted by atomic mass is 10.2. The van der Waals surface area contributed by atoms with E-state index in [-0.39, 0.29) is 5.82 Å². The van der Waals surface area contributed by atoms with E-state index in [2.05, 4.69) is 31.0 Å². The second kappa shape index (κ2) is 4.39. The van der Waals surface area contributed by atoms with Gasteiger partial charge in [-0.1, -0.05) is 18.2 Å². The predicted molar refractivity (Wildman–Crippen MR) is 83.5 cm³/mol. The number of benzene rings is 2. The Bertz CT molecular complexity index is 947. The van der Waals surface area contributed by atoms with Crippen LogP contribution in [0.3, 0.4) is 0 Å². The van der Waals surface area contributed by atoms with Crippen molar-refractivity contribution in [3.63, 3.8) is 0 Å². The molecule has 0 bridgehead atoms. The van der Waals surface area contributed by atoms with Gasteiger partial charge in [0, 0.05) is 18.5 Å². The van der Waals surface area contributed by atoms with E-state index in [1.807, 2.05) is 36.0 Å². The van der Waals surface area contributed by atoms with Crippen LogP contribution in [-0.2, 0) is 7.05 Å². The SMILES string of the molecule is Cn1nc(-c2nc3cc(Br)c(F)cc3[nH]2)c2ccccc21. The van der Waals surface area contributed by atoms with Gasteiger partial charge in [0.15, 0.2) is 5.82 Å². The minimum Gasteiger partial charge on any atom is -0.336 e. The monoisotopic (exact) mass is 344 g/mol. The van der Waals surface area contributed by atoms with E-state index in [1.165, 1.54) is 6.07 Å². The van der Waals surface area contributed by atoms with Crippen LogP contribution in [0.5, 0.6) is 0 Å². The van der Waals surface area contributed by atoms with Crippen LogP contribution in [0.25, 0.3) is 33.5 Å². The van der Waals surface area contributed by atoms with Crippen LogP contribution in [0.1, 0.15) is 0 Å². The summed E-state index contributed by atoms with van der Waals surface area (Å²) in [4.78, 5) is 7.66. The van der Waals surface area contributed by atoms with Crippen molar-refractivity contribution in [1.29, 1.82) is 0 Å². The Hall–Kier alpha value is -2.21. The van der Waals surface area contributed by atoms with E-state index >= 15 is 0 Å². The van der Waals surface area contributed by atoms with Crippen LogP contribution in [0.15, 0.2) is 40.9 Å². The maximum atomic E-state index is 13.6. The number of halogens is 2. The fraction of sp³-hybridized carbons (Fsp3) is 0.0667. The highest BCUT2D eigenvalue weighted by Crippen LogP contribution is 2.29. The zero-order valence-corrected chi connectivity index (χ0v) is 12.6. The number of aromatic amines is 1. The summed E-state index contributed by atoms with van der Waals surface area (Å²) in [6.45, 7) is 0. The standard InChI is InChI=1S/C15H10BrFN4/c1-21-13-5-3-2-4-8(13)14(20-21)15-18-11-6-9(16)10(17)7-12(11)19-15/h2-7H,1H3,(H,18,19). The van der Waals surface area contributed by atoms with E-state index in [0.717, 1.165) is 16.6 Å². The normalized spacial score (nSPS) is 11.6. The van der Waals surface area contributed by atoms with Gasteiger partial charge < -0.3 is 4.98 Å². The first-order chi connectivity index (χ1) is 10.1. The lowest BCUT2D eigenvalue weighted by molar-refractivity contribution is 0.623. The number of para-hydroxylation sites is 1. The van der Waals surface area contributed by atoms with Crippen LogP contribution in [0.2, 0.25) is 0 Å². The molecular formula is C15H10BrFN4. The van der Waals surface area contributed by atoms with Gasteiger partial charge in [-0.3, -0.25) is 4.68 Å². The molecule has 2 aromatic heterocycles. The number of aryl methyl sites for hydroxylation is 1. The molecule has 4 aromatic rings. The maximum Gasteiger partial charge on any atom is 0.159 e. The van der Waals surface area contributed by atoms with Gasteiger partial charge in [0.2, 0.25) is 0 Å². The van der Waals surface area contributed by atoms with Gasteiger partial charge in [0.05, 0.1) is 21.0 Å². The first-order valence-electron chi connectivity index (χ1n) is 6.40. The van der Waals surface area contributed by atoms with Crippen LogP contribution >= 0.6 is 15.9 Å². The van der Waals surface area contributed by atoms with Gasteiger partial charge in [-0.05, 0) is 28.1 Å². The van der Waals surface area contributed by atoms with Crippen molar-refractivity contribution in [2.24, 2.45) is 7.05 Å². The largest absolute Gasteiger partial charge is 0.336 e. The summed E-state index contributed by atoms with van der Waals surface area (Å²) in [6.07, 6.45) is 0. The summed E-state index contributed by atoms with van der Waals surface area (Å²) < 4.78 is 15.8. The quantitative estimate of drug-likeness (QED) is 0.566. The molecule has 2 heterocycles. The summed E-state index contributed by atoms with van der Waals surface area (Å²) >= 11 is 3.18. The summed E-state index contributed by atoms with van der Waals surface area (Å²) in [5, 5.41) is 5.53. The molecule has 0 radical (unpaired) electrons. The first-order valence-corrected chi connectivity index (χ1v) is 7.19. The third-order valence-electron chi connectivity index (χ3n) is 3.51. The molecule has 0 spiro atoms. The Balaban J connectivity index is 2.00. The third-order valence-corrected chi connectivity index (χ3v) is 4.11. The van der Waals surface area contributed by atoms with E-state index in [4.69, 9.17) is 0 Å². The number of nitrogens with zero attached hydrogens (tertiary/aromatic N) is 3. The number of imidazole rings is 1. The highest BCUT2D eigenvalue weighted by atomic mass is 79.9. The van der Waals surface area contributed by atoms with Crippen LogP contribution in [-0.4, -0.2) is 19.7 Å². The van der Waals surface area contributed by atoms with Gasteiger partial charge in [-0.15, -0.1) is 0 Å². The van der Waals surface area contributed by atoms with Gasteiger partial charge >= 0.3 is 0 Å². The van der Waals surface area contributed by atoms with E-state index in [9.17, 15) is 4.39 Å². The number of aromatic nitrogens is 4. The van der Waals surface area contributed by atoms with Crippen LogP contribution < -0.4 is 0 Å². The van der Waals surface area contributed by atoms with Crippen LogP contribution in [0, 0.1) is 5.82 Å². The van der Waals surface area contributed by atoms with Gasteiger partial charge in [0.25, 0.3) is 0 Å². The van der Waals surface area contributed by atoms with Crippen molar-refractivity contribution < 1.29 is 4.39 Å². The molecule has 0 unspecified atom stereocenters. The molecule has 0 saturated heterocycles. The third kappa shape index (κ3) is 1.86. The number of hydrogen-bond acceptors (Lipinski definition) is 2.